The molecule has 3 rings (SSSR count). The average Bonchev–Trinajstić information content (AvgIpc) is 2.99. The van der Waals surface area contributed by atoms with Gasteiger partial charge in [0.2, 0.25) is 0 Å². The lowest BCUT2D eigenvalue weighted by Crippen LogP contribution is -2.29. The van der Waals surface area contributed by atoms with Crippen molar-refractivity contribution in [3.05, 3.63) is 70.1 Å². The van der Waals surface area contributed by atoms with Crippen LogP contribution >= 0.6 is 11.8 Å². The van der Waals surface area contributed by atoms with Crippen LogP contribution in [0.25, 0.3) is 6.08 Å². The van der Waals surface area contributed by atoms with Crippen molar-refractivity contribution < 1.29 is 14.3 Å². The molecular formula is C22H22N2O3S. The number of nitrogens with zero attached hydrogens (tertiary/aromatic N) is 2. The largest absolute Gasteiger partial charge is 0.465 e. The molecule has 1 aliphatic rings. The van der Waals surface area contributed by atoms with E-state index in [1.54, 1.807) is 29.2 Å². The van der Waals surface area contributed by atoms with Crippen LogP contribution in [0.3, 0.4) is 0 Å². The van der Waals surface area contributed by atoms with Gasteiger partial charge in [-0.2, -0.15) is 0 Å². The summed E-state index contributed by atoms with van der Waals surface area (Å²) in [4.78, 5) is 31.4. The molecule has 1 amide bonds. The predicted octanol–water partition coefficient (Wildman–Crippen LogP) is 4.80. The number of rotatable bonds is 5. The summed E-state index contributed by atoms with van der Waals surface area (Å²) in [5, 5.41) is 0.688. The first-order valence-electron chi connectivity index (χ1n) is 9.07. The Hall–Kier alpha value is -2.86. The molecule has 6 heteroatoms. The molecule has 144 valence electrons. The van der Waals surface area contributed by atoms with Crippen molar-refractivity contribution in [3.63, 3.8) is 0 Å². The molecule has 2 aromatic carbocycles. The summed E-state index contributed by atoms with van der Waals surface area (Å²) >= 11 is 1.37. The minimum Gasteiger partial charge on any atom is -0.465 e. The van der Waals surface area contributed by atoms with E-state index in [0.29, 0.717) is 22.2 Å². The Bertz CT molecular complexity index is 931. The summed E-state index contributed by atoms with van der Waals surface area (Å²) in [6.07, 6.45) is 2.68. The number of carbonyl (C=O) groups excluding carboxylic acids is 2. The quantitative estimate of drug-likeness (QED) is 0.540. The molecule has 0 aliphatic carbocycles. The first kappa shape index (κ1) is 19.9. The van der Waals surface area contributed by atoms with Gasteiger partial charge in [0.15, 0.2) is 5.17 Å². The van der Waals surface area contributed by atoms with E-state index in [-0.39, 0.29) is 11.9 Å². The summed E-state index contributed by atoms with van der Waals surface area (Å²) < 4.78 is 4.71. The van der Waals surface area contributed by atoms with Crippen molar-refractivity contribution in [2.24, 2.45) is 4.99 Å². The summed E-state index contributed by atoms with van der Waals surface area (Å²) in [5.74, 6) is -0.429. The lowest BCUT2D eigenvalue weighted by molar-refractivity contribution is -0.122. The van der Waals surface area contributed by atoms with E-state index in [1.807, 2.05) is 44.2 Å². The molecule has 0 aromatic heterocycles. The Morgan fingerprint density at radius 1 is 1.14 bits per heavy atom. The Balaban J connectivity index is 1.88. The van der Waals surface area contributed by atoms with Gasteiger partial charge in [0.05, 0.1) is 23.3 Å². The Morgan fingerprint density at radius 3 is 2.43 bits per heavy atom. The third kappa shape index (κ3) is 4.51. The van der Waals surface area contributed by atoms with Crippen LogP contribution in [-0.2, 0) is 9.53 Å². The van der Waals surface area contributed by atoms with Crippen LogP contribution in [0.15, 0.2) is 58.4 Å². The predicted molar refractivity (Wildman–Crippen MR) is 114 cm³/mol. The van der Waals surface area contributed by atoms with Crippen LogP contribution in [0.2, 0.25) is 0 Å². The third-order valence-electron chi connectivity index (χ3n) is 4.22. The highest BCUT2D eigenvalue weighted by molar-refractivity contribution is 8.18. The highest BCUT2D eigenvalue weighted by atomic mass is 32.2. The lowest BCUT2D eigenvalue weighted by Gasteiger charge is -2.13. The SMILES string of the molecule is CCCN1C(=O)/C(=C\c2ccc(C(=O)OC)cc2)SC1=Nc1ccc(C)cc1. The molecule has 1 aliphatic heterocycles. The van der Waals surface area contributed by atoms with Gasteiger partial charge in [-0.3, -0.25) is 9.69 Å². The molecule has 0 radical (unpaired) electrons. The second-order valence-electron chi connectivity index (χ2n) is 6.41. The molecule has 1 heterocycles. The number of methoxy groups -OCH3 is 1. The van der Waals surface area contributed by atoms with Gasteiger partial charge < -0.3 is 4.74 Å². The highest BCUT2D eigenvalue weighted by Crippen LogP contribution is 2.34. The van der Waals surface area contributed by atoms with Crippen molar-refractivity contribution in [2.45, 2.75) is 20.3 Å². The summed E-state index contributed by atoms with van der Waals surface area (Å²) in [6.45, 7) is 4.68. The standard InChI is InChI=1S/C22H22N2O3S/c1-4-13-24-20(25)19(14-16-7-9-17(10-8-16)21(26)27-3)28-22(24)23-18-11-5-15(2)6-12-18/h5-12,14H,4,13H2,1-3H3/b19-14+,23-22?. The molecule has 0 unspecified atom stereocenters. The fourth-order valence-corrected chi connectivity index (χ4v) is 3.75. The maximum atomic E-state index is 12.9. The van der Waals surface area contributed by atoms with Crippen LogP contribution in [-0.4, -0.2) is 35.6 Å². The van der Waals surface area contributed by atoms with Crippen LogP contribution in [0, 0.1) is 6.92 Å². The number of benzene rings is 2. The normalized spacial score (nSPS) is 16.8. The Kier molecular flexibility index (Phi) is 6.31. The van der Waals surface area contributed by atoms with Gasteiger partial charge in [-0.15, -0.1) is 0 Å². The second-order valence-corrected chi connectivity index (χ2v) is 7.42. The summed E-state index contributed by atoms with van der Waals surface area (Å²) in [7, 11) is 1.35. The highest BCUT2D eigenvalue weighted by Gasteiger charge is 2.32. The van der Waals surface area contributed by atoms with Crippen LogP contribution in [0.1, 0.15) is 34.8 Å². The number of amides is 1. The van der Waals surface area contributed by atoms with E-state index >= 15 is 0 Å². The number of ether oxygens (including phenoxy) is 1. The Labute approximate surface area is 169 Å². The number of hydrogen-bond acceptors (Lipinski definition) is 5. The Morgan fingerprint density at radius 2 is 1.82 bits per heavy atom. The van der Waals surface area contributed by atoms with Gasteiger partial charge in [0.25, 0.3) is 5.91 Å². The van der Waals surface area contributed by atoms with Crippen molar-refractivity contribution in [2.75, 3.05) is 13.7 Å². The van der Waals surface area contributed by atoms with Gasteiger partial charge in [0, 0.05) is 6.54 Å². The van der Waals surface area contributed by atoms with E-state index < -0.39 is 0 Å². The molecule has 0 N–H and O–H groups in total. The maximum Gasteiger partial charge on any atom is 0.337 e. The molecule has 1 fully saturated rings. The smallest absolute Gasteiger partial charge is 0.337 e. The molecule has 28 heavy (non-hydrogen) atoms. The molecule has 0 atom stereocenters. The number of aliphatic imine (C=N–C) groups is 1. The number of hydrogen-bond donors (Lipinski definition) is 0. The van der Waals surface area contributed by atoms with E-state index in [0.717, 1.165) is 17.7 Å². The van der Waals surface area contributed by atoms with Crippen LogP contribution in [0.4, 0.5) is 5.69 Å². The second kappa shape index (κ2) is 8.89. The van der Waals surface area contributed by atoms with Crippen molar-refractivity contribution in [3.8, 4) is 0 Å². The number of aryl methyl sites for hydroxylation is 1. The van der Waals surface area contributed by atoms with Crippen LogP contribution < -0.4 is 0 Å². The van der Waals surface area contributed by atoms with Crippen molar-refractivity contribution >= 4 is 40.6 Å². The first-order chi connectivity index (χ1) is 13.5. The topological polar surface area (TPSA) is 59.0 Å². The zero-order valence-electron chi connectivity index (χ0n) is 16.1. The lowest BCUT2D eigenvalue weighted by atomic mass is 10.1. The average molecular weight is 394 g/mol. The van der Waals surface area contributed by atoms with Crippen LogP contribution in [0.5, 0.6) is 0 Å². The number of amidine groups is 1. The van der Waals surface area contributed by atoms with Gasteiger partial charge in [0.1, 0.15) is 0 Å². The van der Waals surface area contributed by atoms with E-state index in [4.69, 9.17) is 4.74 Å². The molecule has 1 saturated heterocycles. The molecule has 5 nitrogen and oxygen atoms in total. The number of thioether (sulfide) groups is 1. The van der Waals surface area contributed by atoms with E-state index in [1.165, 1.54) is 24.4 Å². The third-order valence-corrected chi connectivity index (χ3v) is 5.23. The fourth-order valence-electron chi connectivity index (χ4n) is 2.73. The molecule has 0 spiro atoms. The fraction of sp³-hybridized carbons (Fsp3) is 0.227. The zero-order valence-corrected chi connectivity index (χ0v) is 17.0. The number of carbonyl (C=O) groups is 2. The summed E-state index contributed by atoms with van der Waals surface area (Å²) in [6, 6.07) is 14.9. The minimum absolute atomic E-state index is 0.0465. The first-order valence-corrected chi connectivity index (χ1v) is 9.88. The minimum atomic E-state index is -0.382. The monoisotopic (exact) mass is 394 g/mol. The van der Waals surface area contributed by atoms with Gasteiger partial charge in [-0.1, -0.05) is 36.8 Å². The summed E-state index contributed by atoms with van der Waals surface area (Å²) in [5.41, 5.74) is 3.31. The molecular weight excluding hydrogens is 372 g/mol. The van der Waals surface area contributed by atoms with Crippen molar-refractivity contribution in [1.82, 2.24) is 4.90 Å². The number of esters is 1. The maximum absolute atomic E-state index is 12.9. The van der Waals surface area contributed by atoms with Gasteiger partial charge in [-0.05, 0) is 61.0 Å². The van der Waals surface area contributed by atoms with E-state index in [9.17, 15) is 9.59 Å². The molecule has 0 saturated carbocycles. The van der Waals surface area contributed by atoms with Gasteiger partial charge in [-0.25, -0.2) is 9.79 Å². The molecule has 2 aromatic rings. The van der Waals surface area contributed by atoms with Crippen molar-refractivity contribution in [1.29, 1.82) is 0 Å². The molecule has 0 bridgehead atoms. The van der Waals surface area contributed by atoms with Gasteiger partial charge >= 0.3 is 5.97 Å². The van der Waals surface area contributed by atoms with E-state index in [2.05, 4.69) is 4.99 Å². The zero-order chi connectivity index (χ0) is 20.1.